The minimum atomic E-state index is -0.247. The third-order valence-electron chi connectivity index (χ3n) is 6.09. The van der Waals surface area contributed by atoms with Crippen LogP contribution in [0.4, 0.5) is 11.4 Å². The van der Waals surface area contributed by atoms with E-state index >= 15 is 0 Å². The monoisotopic (exact) mass is 397 g/mol. The second kappa shape index (κ2) is 7.46. The fourth-order valence-electron chi connectivity index (χ4n) is 4.07. The molecule has 2 fully saturated rings. The number of carbonyl (C=O) groups is 1. The lowest BCUT2D eigenvalue weighted by Gasteiger charge is -2.27. The van der Waals surface area contributed by atoms with E-state index in [1.165, 1.54) is 23.6 Å². The van der Waals surface area contributed by atoms with Crippen LogP contribution in [0.5, 0.6) is 5.75 Å². The van der Waals surface area contributed by atoms with Crippen molar-refractivity contribution in [3.05, 3.63) is 60.4 Å². The zero-order valence-electron chi connectivity index (χ0n) is 16.9. The first-order chi connectivity index (χ1) is 14.7. The van der Waals surface area contributed by atoms with E-state index in [0.717, 1.165) is 17.9 Å². The predicted molar refractivity (Wildman–Crippen MR) is 116 cm³/mol. The van der Waals surface area contributed by atoms with E-state index in [1.54, 1.807) is 13.3 Å². The summed E-state index contributed by atoms with van der Waals surface area (Å²) >= 11 is 0. The van der Waals surface area contributed by atoms with Gasteiger partial charge in [-0.1, -0.05) is 36.4 Å². The van der Waals surface area contributed by atoms with Gasteiger partial charge < -0.3 is 9.64 Å². The van der Waals surface area contributed by atoms with Gasteiger partial charge in [-0.25, -0.2) is 4.98 Å². The number of carbonyl (C=O) groups excluding carboxylic acids is 1. The number of ketones is 1. The third kappa shape index (κ3) is 3.39. The molecular formula is C25H23N3O2. The van der Waals surface area contributed by atoms with E-state index in [-0.39, 0.29) is 17.6 Å². The topological polar surface area (TPSA) is 66.2 Å². The smallest absolute Gasteiger partial charge is 0.189 e. The Balaban J connectivity index is 1.55. The molecule has 2 unspecified atom stereocenters. The standard InChI is InChI=1S/C25H23N3O2/c1-30-23-12-19(14-27-24(23)25(29)21-11-18(21)13-26)28(15-16-9-10-16)22-8-4-6-17-5-2-3-7-20(17)22/h2-8,12,14,16,18,21H,9-11,15H2,1H3. The average molecular weight is 397 g/mol. The summed E-state index contributed by atoms with van der Waals surface area (Å²) < 4.78 is 5.56. The van der Waals surface area contributed by atoms with E-state index in [9.17, 15) is 4.79 Å². The van der Waals surface area contributed by atoms with Gasteiger partial charge in [0, 0.05) is 29.6 Å². The van der Waals surface area contributed by atoms with Gasteiger partial charge in [-0.15, -0.1) is 0 Å². The molecule has 0 spiro atoms. The summed E-state index contributed by atoms with van der Waals surface area (Å²) in [5.41, 5.74) is 2.38. The van der Waals surface area contributed by atoms with Crippen molar-refractivity contribution in [1.82, 2.24) is 4.98 Å². The summed E-state index contributed by atoms with van der Waals surface area (Å²) in [6.45, 7) is 0.908. The number of aromatic nitrogens is 1. The Hall–Kier alpha value is -3.39. The zero-order valence-corrected chi connectivity index (χ0v) is 16.9. The number of Topliss-reactive ketones (excluding diaryl/α,β-unsaturated/α-hetero) is 1. The molecule has 2 aliphatic rings. The number of benzene rings is 2. The van der Waals surface area contributed by atoms with Crippen LogP contribution in [-0.2, 0) is 0 Å². The minimum absolute atomic E-state index is 0.0937. The molecule has 1 aromatic heterocycles. The highest BCUT2D eigenvalue weighted by molar-refractivity contribution is 6.01. The van der Waals surface area contributed by atoms with E-state index in [0.29, 0.717) is 23.8 Å². The molecule has 2 atom stereocenters. The average Bonchev–Trinajstić information content (AvgIpc) is 3.71. The summed E-state index contributed by atoms with van der Waals surface area (Å²) in [5, 5.41) is 11.4. The van der Waals surface area contributed by atoms with Gasteiger partial charge in [0.2, 0.25) is 0 Å². The zero-order chi connectivity index (χ0) is 20.7. The Bertz CT molecular complexity index is 1160. The first-order valence-corrected chi connectivity index (χ1v) is 10.4. The molecule has 0 N–H and O–H groups in total. The summed E-state index contributed by atoms with van der Waals surface area (Å²) in [4.78, 5) is 19.6. The Morgan fingerprint density at radius 1 is 1.23 bits per heavy atom. The lowest BCUT2D eigenvalue weighted by molar-refractivity contribution is 0.0956. The minimum Gasteiger partial charge on any atom is -0.494 e. The molecule has 5 nitrogen and oxygen atoms in total. The van der Waals surface area contributed by atoms with Crippen LogP contribution < -0.4 is 9.64 Å². The molecule has 0 amide bonds. The molecule has 2 saturated carbocycles. The summed E-state index contributed by atoms with van der Waals surface area (Å²) in [5.74, 6) is 0.610. The number of hydrogen-bond donors (Lipinski definition) is 0. The van der Waals surface area contributed by atoms with Crippen molar-refractivity contribution in [3.63, 3.8) is 0 Å². The lowest BCUT2D eigenvalue weighted by atomic mass is 10.1. The molecule has 2 aromatic carbocycles. The van der Waals surface area contributed by atoms with Gasteiger partial charge in [-0.2, -0.15) is 5.26 Å². The molecule has 1 heterocycles. The van der Waals surface area contributed by atoms with E-state index in [4.69, 9.17) is 10.00 Å². The first-order valence-electron chi connectivity index (χ1n) is 10.4. The molecule has 5 heteroatoms. The van der Waals surface area contributed by atoms with E-state index in [1.807, 2.05) is 6.07 Å². The van der Waals surface area contributed by atoms with Crippen LogP contribution in [0.25, 0.3) is 10.8 Å². The number of fused-ring (bicyclic) bond motifs is 1. The molecule has 3 aromatic rings. The van der Waals surface area contributed by atoms with Crippen molar-refractivity contribution in [1.29, 1.82) is 5.26 Å². The maximum Gasteiger partial charge on any atom is 0.189 e. The summed E-state index contributed by atoms with van der Waals surface area (Å²) in [6.07, 6.45) is 4.86. The molecule has 0 aliphatic heterocycles. The highest BCUT2D eigenvalue weighted by Gasteiger charge is 2.45. The van der Waals surface area contributed by atoms with Gasteiger partial charge in [0.1, 0.15) is 11.4 Å². The number of ether oxygens (including phenoxy) is 1. The Morgan fingerprint density at radius 3 is 2.77 bits per heavy atom. The largest absolute Gasteiger partial charge is 0.494 e. The molecular weight excluding hydrogens is 374 g/mol. The van der Waals surface area contributed by atoms with Crippen LogP contribution in [0.15, 0.2) is 54.7 Å². The molecule has 5 rings (SSSR count). The maximum absolute atomic E-state index is 12.8. The number of pyridine rings is 1. The number of anilines is 2. The summed E-state index contributed by atoms with van der Waals surface area (Å²) in [7, 11) is 1.56. The number of nitriles is 1. The molecule has 150 valence electrons. The van der Waals surface area contributed by atoms with Crippen molar-refractivity contribution >= 4 is 27.9 Å². The number of rotatable bonds is 7. The van der Waals surface area contributed by atoms with Gasteiger partial charge in [0.25, 0.3) is 0 Å². The highest BCUT2D eigenvalue weighted by atomic mass is 16.5. The van der Waals surface area contributed by atoms with Gasteiger partial charge in [0.15, 0.2) is 5.78 Å². The van der Waals surface area contributed by atoms with Crippen LogP contribution in [0.3, 0.4) is 0 Å². The normalized spacial score (nSPS) is 19.9. The highest BCUT2D eigenvalue weighted by Crippen LogP contribution is 2.43. The SMILES string of the molecule is COc1cc(N(CC2CC2)c2cccc3ccccc23)cnc1C(=O)C1CC1C#N. The molecule has 0 bridgehead atoms. The number of hydrogen-bond acceptors (Lipinski definition) is 5. The molecule has 0 saturated heterocycles. The maximum atomic E-state index is 12.8. The predicted octanol–water partition coefficient (Wildman–Crippen LogP) is 5.13. The Kier molecular flexibility index (Phi) is 4.63. The number of methoxy groups -OCH3 is 1. The third-order valence-corrected chi connectivity index (χ3v) is 6.09. The fourth-order valence-corrected chi connectivity index (χ4v) is 4.07. The quantitative estimate of drug-likeness (QED) is 0.517. The van der Waals surface area contributed by atoms with Crippen molar-refractivity contribution in [2.24, 2.45) is 17.8 Å². The summed E-state index contributed by atoms with van der Waals surface area (Å²) in [6, 6.07) is 18.8. The second-order valence-corrected chi connectivity index (χ2v) is 8.24. The van der Waals surface area contributed by atoms with Crippen LogP contribution in [0.2, 0.25) is 0 Å². The van der Waals surface area contributed by atoms with Crippen LogP contribution in [0.1, 0.15) is 29.8 Å². The van der Waals surface area contributed by atoms with Gasteiger partial charge in [0.05, 0.1) is 31.0 Å². The van der Waals surface area contributed by atoms with Gasteiger partial charge in [-0.3, -0.25) is 4.79 Å². The van der Waals surface area contributed by atoms with Crippen LogP contribution >= 0.6 is 0 Å². The van der Waals surface area contributed by atoms with Crippen LogP contribution in [-0.4, -0.2) is 24.4 Å². The molecule has 0 radical (unpaired) electrons. The van der Waals surface area contributed by atoms with Crippen molar-refractivity contribution in [2.45, 2.75) is 19.3 Å². The van der Waals surface area contributed by atoms with Crippen molar-refractivity contribution in [2.75, 3.05) is 18.6 Å². The van der Waals surface area contributed by atoms with Crippen molar-refractivity contribution < 1.29 is 9.53 Å². The van der Waals surface area contributed by atoms with Gasteiger partial charge in [-0.05, 0) is 36.6 Å². The second-order valence-electron chi connectivity index (χ2n) is 8.24. The lowest BCUT2D eigenvalue weighted by Crippen LogP contribution is -2.21. The number of nitrogens with zero attached hydrogens (tertiary/aromatic N) is 3. The fraction of sp³-hybridized carbons (Fsp3) is 0.320. The molecule has 30 heavy (non-hydrogen) atoms. The Labute approximate surface area is 175 Å². The van der Waals surface area contributed by atoms with Crippen LogP contribution in [0, 0.1) is 29.1 Å². The van der Waals surface area contributed by atoms with E-state index < -0.39 is 0 Å². The molecule has 2 aliphatic carbocycles. The first kappa shape index (κ1) is 18.6. The van der Waals surface area contributed by atoms with Crippen molar-refractivity contribution in [3.8, 4) is 11.8 Å². The van der Waals surface area contributed by atoms with E-state index in [2.05, 4.69) is 58.4 Å². The Morgan fingerprint density at radius 2 is 2.03 bits per heavy atom. The van der Waals surface area contributed by atoms with Gasteiger partial charge >= 0.3 is 0 Å².